The summed E-state index contributed by atoms with van der Waals surface area (Å²) in [7, 11) is 1.79. The third-order valence-electron chi connectivity index (χ3n) is 4.97. The molecule has 3 heteroatoms. The van der Waals surface area contributed by atoms with Gasteiger partial charge in [0.2, 0.25) is 0 Å². The van der Waals surface area contributed by atoms with Gasteiger partial charge in [-0.1, -0.05) is 54.6 Å². The summed E-state index contributed by atoms with van der Waals surface area (Å²) in [6.45, 7) is 2.12. The van der Waals surface area contributed by atoms with Gasteiger partial charge in [0.05, 0.1) is 0 Å². The number of ketones is 1. The molecule has 4 rings (SSSR count). The Bertz CT molecular complexity index is 1000. The van der Waals surface area contributed by atoms with Crippen LogP contribution in [0.5, 0.6) is 0 Å². The molecular formula is C22H20N2O. The first-order valence-electron chi connectivity index (χ1n) is 8.57. The highest BCUT2D eigenvalue weighted by Gasteiger charge is 2.27. The molecule has 0 saturated heterocycles. The van der Waals surface area contributed by atoms with Gasteiger partial charge >= 0.3 is 0 Å². The number of Topliss-reactive ketones (excluding diaryl/α,β-unsaturated/α-hetero) is 1. The molecule has 0 heterocycles. The fraction of sp³-hybridized carbons (Fsp3) is 0.182. The second-order valence-corrected chi connectivity index (χ2v) is 6.39. The van der Waals surface area contributed by atoms with Crippen molar-refractivity contribution in [1.82, 2.24) is 0 Å². The van der Waals surface area contributed by atoms with Crippen LogP contribution in [0.15, 0.2) is 59.6 Å². The van der Waals surface area contributed by atoms with Crippen LogP contribution in [0, 0.1) is 6.92 Å². The minimum absolute atomic E-state index is 0.240. The van der Waals surface area contributed by atoms with E-state index in [1.165, 1.54) is 5.56 Å². The van der Waals surface area contributed by atoms with Crippen molar-refractivity contribution >= 4 is 28.1 Å². The molecule has 25 heavy (non-hydrogen) atoms. The monoisotopic (exact) mass is 328 g/mol. The Morgan fingerprint density at radius 2 is 1.64 bits per heavy atom. The zero-order chi connectivity index (χ0) is 17.4. The third kappa shape index (κ3) is 2.52. The van der Waals surface area contributed by atoms with Gasteiger partial charge in [-0.05, 0) is 35.2 Å². The Morgan fingerprint density at radius 1 is 0.960 bits per heavy atom. The Labute approximate surface area is 147 Å². The Kier molecular flexibility index (Phi) is 3.85. The van der Waals surface area contributed by atoms with Gasteiger partial charge in [-0.15, -0.1) is 0 Å². The predicted octanol–water partition coefficient (Wildman–Crippen LogP) is 4.77. The van der Waals surface area contributed by atoms with Crippen LogP contribution < -0.4 is 5.32 Å². The molecule has 0 saturated carbocycles. The number of anilines is 1. The molecule has 0 amide bonds. The van der Waals surface area contributed by atoms with Gasteiger partial charge in [0.15, 0.2) is 5.78 Å². The number of nitrogens with zero attached hydrogens (tertiary/aromatic N) is 1. The highest BCUT2D eigenvalue weighted by Crippen LogP contribution is 2.39. The summed E-state index contributed by atoms with van der Waals surface area (Å²) < 4.78 is 0. The zero-order valence-corrected chi connectivity index (χ0v) is 14.5. The molecule has 0 fully saturated rings. The number of carbonyl (C=O) groups excluding carboxylic acids is 1. The van der Waals surface area contributed by atoms with Crippen molar-refractivity contribution in [2.24, 2.45) is 4.99 Å². The van der Waals surface area contributed by atoms with E-state index in [0.717, 1.165) is 45.4 Å². The lowest BCUT2D eigenvalue weighted by Gasteiger charge is -2.18. The van der Waals surface area contributed by atoms with Crippen molar-refractivity contribution < 1.29 is 4.79 Å². The fourth-order valence-electron chi connectivity index (χ4n) is 3.75. The summed E-state index contributed by atoms with van der Waals surface area (Å²) in [6.07, 6.45) is 1.37. The summed E-state index contributed by atoms with van der Waals surface area (Å²) in [5.41, 5.74) is 5.24. The molecule has 0 atom stereocenters. The van der Waals surface area contributed by atoms with Gasteiger partial charge in [-0.25, -0.2) is 0 Å². The average Bonchev–Trinajstić information content (AvgIpc) is 3.04. The van der Waals surface area contributed by atoms with Gasteiger partial charge in [0.25, 0.3) is 0 Å². The van der Waals surface area contributed by atoms with E-state index in [2.05, 4.69) is 29.4 Å². The van der Waals surface area contributed by atoms with Crippen LogP contribution in [-0.2, 0) is 6.42 Å². The highest BCUT2D eigenvalue weighted by atomic mass is 16.1. The number of aliphatic imine (C=N–C) groups is 1. The van der Waals surface area contributed by atoms with E-state index < -0.39 is 0 Å². The van der Waals surface area contributed by atoms with Crippen LogP contribution in [0.1, 0.15) is 33.5 Å². The quantitative estimate of drug-likeness (QED) is 0.544. The molecular weight excluding hydrogens is 308 g/mol. The number of rotatable bonds is 2. The van der Waals surface area contributed by atoms with E-state index in [1.54, 1.807) is 7.05 Å². The lowest BCUT2D eigenvalue weighted by atomic mass is 9.94. The molecule has 1 aliphatic rings. The van der Waals surface area contributed by atoms with Crippen LogP contribution in [0.25, 0.3) is 10.8 Å². The average molecular weight is 328 g/mol. The zero-order valence-electron chi connectivity index (χ0n) is 14.5. The molecule has 3 aromatic rings. The minimum atomic E-state index is 0.240. The van der Waals surface area contributed by atoms with Gasteiger partial charge in [-0.3, -0.25) is 9.79 Å². The first-order chi connectivity index (χ1) is 12.2. The minimum Gasteiger partial charge on any atom is -0.340 e. The maximum atomic E-state index is 12.5. The van der Waals surface area contributed by atoms with Crippen LogP contribution in [0.4, 0.5) is 5.69 Å². The van der Waals surface area contributed by atoms with Crippen LogP contribution in [0.3, 0.4) is 0 Å². The number of hydrogen-bond donors (Lipinski definition) is 1. The summed E-state index contributed by atoms with van der Waals surface area (Å²) in [5, 5.41) is 5.72. The molecule has 0 bridgehead atoms. The first kappa shape index (κ1) is 15.6. The van der Waals surface area contributed by atoms with Gasteiger partial charge in [0, 0.05) is 30.3 Å². The Hall–Kier alpha value is -2.94. The standard InChI is InChI=1S/C22H20N2O/c1-14-16-10-6-7-11-17(16)20-18(12-13-19(20)25)21(14)24-22(23-2)15-8-4-3-5-9-15/h3-11H,12-13H2,1-2H3,(H,23,24). The van der Waals surface area contributed by atoms with Crippen molar-refractivity contribution in [3.8, 4) is 0 Å². The van der Waals surface area contributed by atoms with Crippen LogP contribution >= 0.6 is 0 Å². The number of nitrogens with one attached hydrogen (secondary N) is 1. The number of aryl methyl sites for hydroxylation is 1. The maximum absolute atomic E-state index is 12.5. The van der Waals surface area contributed by atoms with E-state index in [1.807, 2.05) is 42.5 Å². The SMILES string of the molecule is CN=C(Nc1c2c(c3ccccc3c1C)C(=O)CC2)c1ccccc1. The normalized spacial score (nSPS) is 14.0. The maximum Gasteiger partial charge on any atom is 0.164 e. The summed E-state index contributed by atoms with van der Waals surface area (Å²) in [6, 6.07) is 18.3. The molecule has 124 valence electrons. The molecule has 0 radical (unpaired) electrons. The number of hydrogen-bond acceptors (Lipinski definition) is 2. The Morgan fingerprint density at radius 3 is 2.36 bits per heavy atom. The van der Waals surface area contributed by atoms with Gasteiger partial charge < -0.3 is 5.32 Å². The lowest BCUT2D eigenvalue weighted by Crippen LogP contribution is -2.16. The van der Waals surface area contributed by atoms with Gasteiger partial charge in [0.1, 0.15) is 5.84 Å². The topological polar surface area (TPSA) is 41.5 Å². The van der Waals surface area contributed by atoms with E-state index >= 15 is 0 Å². The number of fused-ring (bicyclic) bond motifs is 3. The second kappa shape index (κ2) is 6.17. The number of carbonyl (C=O) groups is 1. The summed E-state index contributed by atoms with van der Waals surface area (Å²) in [4.78, 5) is 17.0. The summed E-state index contributed by atoms with van der Waals surface area (Å²) in [5.74, 6) is 1.06. The molecule has 0 aromatic heterocycles. The molecule has 3 aromatic carbocycles. The molecule has 0 unspecified atom stereocenters. The largest absolute Gasteiger partial charge is 0.340 e. The van der Waals surface area contributed by atoms with Crippen LogP contribution in [0.2, 0.25) is 0 Å². The van der Waals surface area contributed by atoms with Crippen molar-refractivity contribution in [2.45, 2.75) is 19.8 Å². The van der Waals surface area contributed by atoms with Crippen molar-refractivity contribution in [3.05, 3.63) is 76.9 Å². The number of benzene rings is 3. The van der Waals surface area contributed by atoms with Gasteiger partial charge in [-0.2, -0.15) is 0 Å². The molecule has 1 N–H and O–H groups in total. The van der Waals surface area contributed by atoms with Crippen molar-refractivity contribution in [1.29, 1.82) is 0 Å². The Balaban J connectivity index is 1.91. The van der Waals surface area contributed by atoms with E-state index in [0.29, 0.717) is 6.42 Å². The third-order valence-corrected chi connectivity index (χ3v) is 4.97. The predicted molar refractivity (Wildman–Crippen MR) is 104 cm³/mol. The molecule has 0 spiro atoms. The molecule has 1 aliphatic carbocycles. The van der Waals surface area contributed by atoms with E-state index in [9.17, 15) is 4.79 Å². The second-order valence-electron chi connectivity index (χ2n) is 6.39. The van der Waals surface area contributed by atoms with Crippen molar-refractivity contribution in [2.75, 3.05) is 12.4 Å². The van der Waals surface area contributed by atoms with E-state index in [4.69, 9.17) is 0 Å². The smallest absolute Gasteiger partial charge is 0.164 e. The molecule has 3 nitrogen and oxygen atoms in total. The first-order valence-corrected chi connectivity index (χ1v) is 8.57. The lowest BCUT2D eigenvalue weighted by molar-refractivity contribution is 0.0996. The van der Waals surface area contributed by atoms with Crippen LogP contribution in [-0.4, -0.2) is 18.7 Å². The highest BCUT2D eigenvalue weighted by molar-refractivity contribution is 6.17. The van der Waals surface area contributed by atoms with E-state index in [-0.39, 0.29) is 5.78 Å². The number of amidine groups is 1. The summed E-state index contributed by atoms with van der Waals surface area (Å²) >= 11 is 0. The fourth-order valence-corrected chi connectivity index (χ4v) is 3.75. The molecule has 0 aliphatic heterocycles. The van der Waals surface area contributed by atoms with Crippen molar-refractivity contribution in [3.63, 3.8) is 0 Å².